The number of nitrogens with one attached hydrogen (secondary N) is 5. The lowest BCUT2D eigenvalue weighted by Gasteiger charge is -2.08. The molecular formula is C5H17N5. The van der Waals surface area contributed by atoms with E-state index >= 15 is 0 Å². The van der Waals surface area contributed by atoms with Crippen molar-refractivity contribution in [1.82, 2.24) is 27.5 Å². The second-order valence-corrected chi connectivity index (χ2v) is 1.83. The SMILES string of the molecule is CCCNNNNNCC. The monoisotopic (exact) mass is 147 g/mol. The Hall–Kier alpha value is -0.200. The molecule has 0 saturated heterocycles. The number of hydrazine groups is 4. The summed E-state index contributed by atoms with van der Waals surface area (Å²) in [7, 11) is 0. The van der Waals surface area contributed by atoms with Crippen LogP contribution in [0, 0.1) is 0 Å². The highest BCUT2D eigenvalue weighted by Gasteiger charge is 1.78. The van der Waals surface area contributed by atoms with Gasteiger partial charge in [0.2, 0.25) is 0 Å². The molecule has 0 unspecified atom stereocenters. The summed E-state index contributed by atoms with van der Waals surface area (Å²) in [5.74, 6) is 0. The standard InChI is InChI=1S/C5H17N5/c1-3-5-7-9-10-8-6-4-2/h6-10H,3-5H2,1-2H3. The lowest BCUT2D eigenvalue weighted by molar-refractivity contribution is 0.330. The van der Waals surface area contributed by atoms with Crippen LogP contribution in [-0.4, -0.2) is 13.1 Å². The maximum atomic E-state index is 2.93. The van der Waals surface area contributed by atoms with E-state index in [4.69, 9.17) is 0 Å². The molecule has 5 heteroatoms. The molecule has 0 atom stereocenters. The minimum Gasteiger partial charge on any atom is -0.243 e. The summed E-state index contributed by atoms with van der Waals surface area (Å²) in [6.07, 6.45) is 1.11. The molecule has 0 saturated carbocycles. The highest BCUT2D eigenvalue weighted by atomic mass is 15.8. The van der Waals surface area contributed by atoms with Crippen LogP contribution in [0.1, 0.15) is 20.3 Å². The van der Waals surface area contributed by atoms with Gasteiger partial charge < -0.3 is 0 Å². The van der Waals surface area contributed by atoms with E-state index < -0.39 is 0 Å². The Labute approximate surface area is 61.8 Å². The van der Waals surface area contributed by atoms with Gasteiger partial charge in [0.1, 0.15) is 0 Å². The molecule has 10 heavy (non-hydrogen) atoms. The lowest BCUT2D eigenvalue weighted by atomic mass is 10.5. The molecule has 0 bridgehead atoms. The van der Waals surface area contributed by atoms with Gasteiger partial charge in [0.05, 0.1) is 0 Å². The normalized spacial score (nSPS) is 10.2. The van der Waals surface area contributed by atoms with E-state index in [2.05, 4.69) is 34.4 Å². The topological polar surface area (TPSA) is 60.1 Å². The molecule has 0 amide bonds. The van der Waals surface area contributed by atoms with Crippen LogP contribution < -0.4 is 27.5 Å². The molecule has 0 radical (unpaired) electrons. The van der Waals surface area contributed by atoms with Crippen LogP contribution in [-0.2, 0) is 0 Å². The summed E-state index contributed by atoms with van der Waals surface area (Å²) in [4.78, 5) is 0. The average Bonchev–Trinajstić information content (AvgIpc) is 1.97. The number of hydrogen-bond donors (Lipinski definition) is 5. The van der Waals surface area contributed by atoms with Crippen molar-refractivity contribution in [1.29, 1.82) is 0 Å². The first-order chi connectivity index (χ1) is 4.91. The molecule has 5 nitrogen and oxygen atoms in total. The lowest BCUT2D eigenvalue weighted by Crippen LogP contribution is -2.55. The van der Waals surface area contributed by atoms with Gasteiger partial charge in [0, 0.05) is 13.1 Å². The molecule has 0 aromatic rings. The zero-order valence-corrected chi connectivity index (χ0v) is 6.62. The first-order valence-corrected chi connectivity index (χ1v) is 3.62. The Kier molecular flexibility index (Phi) is 8.62. The molecule has 0 aliphatic heterocycles. The van der Waals surface area contributed by atoms with Gasteiger partial charge in [0.25, 0.3) is 0 Å². The Morgan fingerprint density at radius 2 is 1.60 bits per heavy atom. The molecule has 0 aliphatic carbocycles. The molecule has 0 heterocycles. The molecule has 0 rings (SSSR count). The van der Waals surface area contributed by atoms with Crippen LogP contribution in [0.15, 0.2) is 0 Å². The van der Waals surface area contributed by atoms with E-state index in [-0.39, 0.29) is 0 Å². The van der Waals surface area contributed by atoms with Gasteiger partial charge in [-0.25, -0.2) is 10.9 Å². The predicted molar refractivity (Wildman–Crippen MR) is 41.4 cm³/mol. The quantitative estimate of drug-likeness (QED) is 0.237. The molecule has 0 fully saturated rings. The summed E-state index contributed by atoms with van der Waals surface area (Å²) >= 11 is 0. The van der Waals surface area contributed by atoms with Gasteiger partial charge in [-0.2, -0.15) is 16.6 Å². The van der Waals surface area contributed by atoms with Gasteiger partial charge in [-0.15, -0.1) is 0 Å². The van der Waals surface area contributed by atoms with Gasteiger partial charge in [-0.05, 0) is 6.42 Å². The minimum absolute atomic E-state index is 0.877. The van der Waals surface area contributed by atoms with Crippen LogP contribution >= 0.6 is 0 Å². The second kappa shape index (κ2) is 8.80. The van der Waals surface area contributed by atoms with E-state index in [0.29, 0.717) is 0 Å². The summed E-state index contributed by atoms with van der Waals surface area (Å²) in [6, 6.07) is 0. The fourth-order valence-corrected chi connectivity index (χ4v) is 0.396. The predicted octanol–water partition coefficient (Wildman–Crippen LogP) is -0.976. The average molecular weight is 147 g/mol. The van der Waals surface area contributed by atoms with E-state index in [1.807, 2.05) is 6.92 Å². The third kappa shape index (κ3) is 7.80. The maximum absolute atomic E-state index is 2.93. The van der Waals surface area contributed by atoms with Crippen molar-refractivity contribution in [2.45, 2.75) is 20.3 Å². The van der Waals surface area contributed by atoms with E-state index in [1.165, 1.54) is 0 Å². The molecule has 62 valence electrons. The van der Waals surface area contributed by atoms with Crippen LogP contribution in [0.4, 0.5) is 0 Å². The van der Waals surface area contributed by atoms with Crippen molar-refractivity contribution in [3.05, 3.63) is 0 Å². The third-order valence-electron chi connectivity index (χ3n) is 0.854. The van der Waals surface area contributed by atoms with Gasteiger partial charge in [0.15, 0.2) is 0 Å². The van der Waals surface area contributed by atoms with Crippen LogP contribution in [0.2, 0.25) is 0 Å². The van der Waals surface area contributed by atoms with Crippen LogP contribution in [0.3, 0.4) is 0 Å². The van der Waals surface area contributed by atoms with E-state index in [1.54, 1.807) is 0 Å². The van der Waals surface area contributed by atoms with Crippen molar-refractivity contribution in [3.63, 3.8) is 0 Å². The van der Waals surface area contributed by atoms with Crippen molar-refractivity contribution < 1.29 is 0 Å². The first-order valence-electron chi connectivity index (χ1n) is 3.62. The molecular weight excluding hydrogens is 130 g/mol. The van der Waals surface area contributed by atoms with Crippen molar-refractivity contribution in [3.8, 4) is 0 Å². The third-order valence-corrected chi connectivity index (χ3v) is 0.854. The largest absolute Gasteiger partial charge is 0.243 e. The summed E-state index contributed by atoms with van der Waals surface area (Å²) in [5, 5.41) is 0. The molecule has 5 N–H and O–H groups in total. The zero-order valence-electron chi connectivity index (χ0n) is 6.62. The van der Waals surface area contributed by atoms with Crippen molar-refractivity contribution >= 4 is 0 Å². The number of rotatable bonds is 7. The number of hydrogen-bond acceptors (Lipinski definition) is 5. The highest BCUT2D eigenvalue weighted by Crippen LogP contribution is 1.62. The summed E-state index contributed by atoms with van der Waals surface area (Å²) in [6.45, 7) is 5.93. The second-order valence-electron chi connectivity index (χ2n) is 1.83. The fourth-order valence-electron chi connectivity index (χ4n) is 0.396. The minimum atomic E-state index is 0.877. The van der Waals surface area contributed by atoms with Gasteiger partial charge >= 0.3 is 0 Å². The van der Waals surface area contributed by atoms with Crippen LogP contribution in [0.25, 0.3) is 0 Å². The molecule has 0 aliphatic rings. The van der Waals surface area contributed by atoms with Gasteiger partial charge in [-0.1, -0.05) is 13.8 Å². The van der Waals surface area contributed by atoms with E-state index in [9.17, 15) is 0 Å². The van der Waals surface area contributed by atoms with Crippen LogP contribution in [0.5, 0.6) is 0 Å². The first kappa shape index (κ1) is 9.80. The van der Waals surface area contributed by atoms with Crippen molar-refractivity contribution in [2.75, 3.05) is 13.1 Å². The van der Waals surface area contributed by atoms with Crippen molar-refractivity contribution in [2.24, 2.45) is 0 Å². The van der Waals surface area contributed by atoms with E-state index in [0.717, 1.165) is 19.5 Å². The fraction of sp³-hybridized carbons (Fsp3) is 1.00. The Morgan fingerprint density at radius 3 is 2.20 bits per heavy atom. The molecule has 0 spiro atoms. The smallest absolute Gasteiger partial charge is 0.0111 e. The summed E-state index contributed by atoms with van der Waals surface area (Å²) < 4.78 is 0. The summed E-state index contributed by atoms with van der Waals surface area (Å²) in [5.41, 5.74) is 14.0. The van der Waals surface area contributed by atoms with Gasteiger partial charge in [-0.3, -0.25) is 0 Å². The maximum Gasteiger partial charge on any atom is 0.0111 e. The zero-order chi connectivity index (χ0) is 7.66. The highest BCUT2D eigenvalue weighted by molar-refractivity contribution is 4.30. The Morgan fingerprint density at radius 1 is 0.900 bits per heavy atom. The molecule has 0 aromatic carbocycles. The Bertz CT molecular complexity index is 50.0. The molecule has 0 aromatic heterocycles. The Balaban J connectivity index is 2.65.